The van der Waals surface area contributed by atoms with Gasteiger partial charge < -0.3 is 19.0 Å². The van der Waals surface area contributed by atoms with E-state index in [0.717, 1.165) is 5.56 Å². The molecule has 94 valence electrons. The van der Waals surface area contributed by atoms with Crippen molar-refractivity contribution in [3.8, 4) is 17.2 Å². The predicted octanol–water partition coefficient (Wildman–Crippen LogP) is 0.890. The highest BCUT2D eigenvalue weighted by molar-refractivity contribution is 5.53. The Bertz CT molecular complexity index is 355. The van der Waals surface area contributed by atoms with E-state index in [0.29, 0.717) is 30.3 Å². The summed E-state index contributed by atoms with van der Waals surface area (Å²) in [5.74, 6) is 1.62. The minimum atomic E-state index is 0.317. The van der Waals surface area contributed by atoms with Crippen LogP contribution < -0.4 is 19.7 Å². The van der Waals surface area contributed by atoms with Gasteiger partial charge in [0.25, 0.3) is 0 Å². The molecule has 0 aliphatic carbocycles. The number of carbonyl (C=O) groups is 1. The predicted molar refractivity (Wildman–Crippen MR) is 60.1 cm³/mol. The van der Waals surface area contributed by atoms with Crippen molar-refractivity contribution in [2.75, 3.05) is 21.3 Å². The van der Waals surface area contributed by atoms with Crippen LogP contribution in [0, 0.1) is 0 Å². The Morgan fingerprint density at radius 2 is 1.71 bits per heavy atom. The van der Waals surface area contributed by atoms with Crippen molar-refractivity contribution in [1.29, 1.82) is 0 Å². The summed E-state index contributed by atoms with van der Waals surface area (Å²) in [5, 5.41) is 0. The number of nitrogens with one attached hydrogen (secondary N) is 1. The summed E-state index contributed by atoms with van der Waals surface area (Å²) in [4.78, 5) is 14.4. The Labute approximate surface area is 99.4 Å². The zero-order chi connectivity index (χ0) is 12.7. The molecule has 1 N–H and O–H groups in total. The second kappa shape index (κ2) is 6.59. The number of carbonyl (C=O) groups excluding carboxylic acids is 1. The van der Waals surface area contributed by atoms with Gasteiger partial charge in [0.15, 0.2) is 11.5 Å². The minimum absolute atomic E-state index is 0.317. The van der Waals surface area contributed by atoms with Crippen molar-refractivity contribution < 1.29 is 23.8 Å². The normalized spacial score (nSPS) is 9.59. The zero-order valence-electron chi connectivity index (χ0n) is 9.98. The second-order valence-electron chi connectivity index (χ2n) is 3.07. The number of hydroxylamine groups is 1. The largest absolute Gasteiger partial charge is 0.493 e. The van der Waals surface area contributed by atoms with E-state index in [2.05, 4.69) is 10.3 Å². The highest BCUT2D eigenvalue weighted by Gasteiger charge is 2.12. The molecule has 6 nitrogen and oxygen atoms in total. The number of ether oxygens (including phenoxy) is 3. The van der Waals surface area contributed by atoms with E-state index in [9.17, 15) is 4.79 Å². The van der Waals surface area contributed by atoms with Crippen LogP contribution in [0.2, 0.25) is 0 Å². The van der Waals surface area contributed by atoms with Crippen LogP contribution in [0.4, 0.5) is 0 Å². The summed E-state index contributed by atoms with van der Waals surface area (Å²) in [6.07, 6.45) is 0. The molecule has 0 atom stereocenters. The molecule has 0 aliphatic heterocycles. The fourth-order valence-electron chi connectivity index (χ4n) is 1.40. The lowest BCUT2D eigenvalue weighted by Crippen LogP contribution is -2.13. The molecule has 6 heteroatoms. The van der Waals surface area contributed by atoms with Crippen LogP contribution in [0.15, 0.2) is 12.1 Å². The highest BCUT2D eigenvalue weighted by atomic mass is 16.7. The summed E-state index contributed by atoms with van der Waals surface area (Å²) >= 11 is 0. The van der Waals surface area contributed by atoms with Crippen LogP contribution in [0.3, 0.4) is 0 Å². The molecule has 0 saturated heterocycles. The molecular formula is C11H15NO5. The summed E-state index contributed by atoms with van der Waals surface area (Å²) in [6.45, 7) is 0.660. The number of hydrogen-bond donors (Lipinski definition) is 1. The van der Waals surface area contributed by atoms with Gasteiger partial charge in [-0.25, -0.2) is 0 Å². The van der Waals surface area contributed by atoms with E-state index in [-0.39, 0.29) is 0 Å². The first-order valence-electron chi connectivity index (χ1n) is 4.87. The molecule has 0 bridgehead atoms. The SMILES string of the molecule is COc1cc(CNOC=O)cc(OC)c1OC. The first-order valence-corrected chi connectivity index (χ1v) is 4.87. The van der Waals surface area contributed by atoms with E-state index in [1.165, 1.54) is 21.3 Å². The first kappa shape index (κ1) is 13.1. The average molecular weight is 241 g/mol. The smallest absolute Gasteiger partial charge is 0.312 e. The Kier molecular flexibility index (Phi) is 5.09. The van der Waals surface area contributed by atoms with Gasteiger partial charge in [-0.05, 0) is 17.7 Å². The van der Waals surface area contributed by atoms with Gasteiger partial charge in [0, 0.05) is 0 Å². The van der Waals surface area contributed by atoms with Gasteiger partial charge in [-0.3, -0.25) is 4.79 Å². The van der Waals surface area contributed by atoms with Crippen LogP contribution in [0.5, 0.6) is 17.2 Å². The third kappa shape index (κ3) is 3.25. The summed E-state index contributed by atoms with van der Waals surface area (Å²) < 4.78 is 15.5. The number of rotatable bonds is 7. The molecule has 0 spiro atoms. The monoisotopic (exact) mass is 241 g/mol. The third-order valence-corrected chi connectivity index (χ3v) is 2.13. The first-order chi connectivity index (χ1) is 8.26. The van der Waals surface area contributed by atoms with Crippen molar-refractivity contribution >= 4 is 6.47 Å². The molecule has 1 aromatic carbocycles. The van der Waals surface area contributed by atoms with Crippen molar-refractivity contribution in [3.05, 3.63) is 17.7 Å². The topological polar surface area (TPSA) is 66.0 Å². The van der Waals surface area contributed by atoms with Gasteiger partial charge in [-0.2, -0.15) is 0 Å². The maximum atomic E-state index is 9.99. The molecule has 0 amide bonds. The van der Waals surface area contributed by atoms with Crippen LogP contribution in [0.25, 0.3) is 0 Å². The van der Waals surface area contributed by atoms with Crippen LogP contribution in [0.1, 0.15) is 5.56 Å². The average Bonchev–Trinajstić information content (AvgIpc) is 2.37. The molecule has 0 saturated carbocycles. The molecule has 17 heavy (non-hydrogen) atoms. The summed E-state index contributed by atoms with van der Waals surface area (Å²) in [7, 11) is 4.61. The summed E-state index contributed by atoms with van der Waals surface area (Å²) in [6, 6.07) is 3.53. The van der Waals surface area contributed by atoms with Crippen LogP contribution in [-0.4, -0.2) is 27.8 Å². The zero-order valence-corrected chi connectivity index (χ0v) is 9.98. The van der Waals surface area contributed by atoms with Crippen molar-refractivity contribution in [3.63, 3.8) is 0 Å². The highest BCUT2D eigenvalue weighted by Crippen LogP contribution is 2.38. The van der Waals surface area contributed by atoms with E-state index in [4.69, 9.17) is 14.2 Å². The van der Waals surface area contributed by atoms with Gasteiger partial charge in [-0.1, -0.05) is 0 Å². The number of methoxy groups -OCH3 is 3. The van der Waals surface area contributed by atoms with E-state index < -0.39 is 0 Å². The molecular weight excluding hydrogens is 226 g/mol. The number of hydrogen-bond acceptors (Lipinski definition) is 6. The molecule has 0 aliphatic rings. The summed E-state index contributed by atoms with van der Waals surface area (Å²) in [5.41, 5.74) is 3.31. The van der Waals surface area contributed by atoms with Crippen molar-refractivity contribution in [1.82, 2.24) is 5.48 Å². The Balaban J connectivity index is 2.96. The fraction of sp³-hybridized carbons (Fsp3) is 0.364. The number of benzene rings is 1. The van der Waals surface area contributed by atoms with Crippen LogP contribution >= 0.6 is 0 Å². The van der Waals surface area contributed by atoms with E-state index >= 15 is 0 Å². The Morgan fingerprint density at radius 1 is 1.12 bits per heavy atom. The lowest BCUT2D eigenvalue weighted by atomic mass is 10.2. The molecule has 1 aromatic rings. The van der Waals surface area contributed by atoms with E-state index in [1.54, 1.807) is 12.1 Å². The molecule has 1 rings (SSSR count). The van der Waals surface area contributed by atoms with Crippen molar-refractivity contribution in [2.45, 2.75) is 6.54 Å². The van der Waals surface area contributed by atoms with Gasteiger partial charge in [0.1, 0.15) is 0 Å². The molecule has 0 radical (unpaired) electrons. The standard InChI is InChI=1S/C11H15NO5/c1-14-9-4-8(6-12-17-7-13)5-10(15-2)11(9)16-3/h4-5,7,12H,6H2,1-3H3. The maximum Gasteiger partial charge on any atom is 0.312 e. The van der Waals surface area contributed by atoms with Crippen LogP contribution in [-0.2, 0) is 16.2 Å². The lowest BCUT2D eigenvalue weighted by Gasteiger charge is -2.13. The Morgan fingerprint density at radius 3 is 2.12 bits per heavy atom. The quantitative estimate of drug-likeness (QED) is 0.434. The second-order valence-corrected chi connectivity index (χ2v) is 3.07. The van der Waals surface area contributed by atoms with E-state index in [1.807, 2.05) is 0 Å². The van der Waals surface area contributed by atoms with Gasteiger partial charge in [0.2, 0.25) is 5.75 Å². The maximum absolute atomic E-state index is 9.99. The third-order valence-electron chi connectivity index (χ3n) is 2.13. The van der Waals surface area contributed by atoms with Crippen molar-refractivity contribution in [2.24, 2.45) is 0 Å². The lowest BCUT2D eigenvalue weighted by molar-refractivity contribution is -0.135. The van der Waals surface area contributed by atoms with Gasteiger partial charge in [0.05, 0.1) is 27.9 Å². The van der Waals surface area contributed by atoms with Gasteiger partial charge >= 0.3 is 6.47 Å². The fourth-order valence-corrected chi connectivity index (χ4v) is 1.40. The molecule has 0 heterocycles. The minimum Gasteiger partial charge on any atom is -0.493 e. The molecule has 0 unspecified atom stereocenters. The molecule has 0 fully saturated rings. The van der Waals surface area contributed by atoms with Gasteiger partial charge in [-0.15, -0.1) is 5.48 Å². The molecule has 0 aromatic heterocycles. The Hall–Kier alpha value is -1.95.